The number of piperidine rings is 1. The second-order valence-electron chi connectivity index (χ2n) is 7.72. The molecule has 3 aliphatic rings. The summed E-state index contributed by atoms with van der Waals surface area (Å²) in [6.07, 6.45) is 9.75. The van der Waals surface area contributed by atoms with Crippen LogP contribution in [0.3, 0.4) is 0 Å². The first-order valence-electron chi connectivity index (χ1n) is 9.29. The second kappa shape index (κ2) is 6.83. The number of aliphatic hydroxyl groups is 1. The number of nitrogens with zero attached hydrogens (tertiary/aromatic N) is 4. The van der Waals surface area contributed by atoms with Crippen molar-refractivity contribution in [2.24, 2.45) is 5.41 Å². The molecule has 136 valence electrons. The number of aromatic nitrogens is 2. The van der Waals surface area contributed by atoms with Gasteiger partial charge in [-0.05, 0) is 60.9 Å². The number of carbonyl (C=O) groups is 1. The summed E-state index contributed by atoms with van der Waals surface area (Å²) >= 11 is 3.37. The number of halogens is 1. The van der Waals surface area contributed by atoms with Gasteiger partial charge < -0.3 is 14.9 Å². The summed E-state index contributed by atoms with van der Waals surface area (Å²) in [5.74, 6) is 1.03. The topological polar surface area (TPSA) is 69.6 Å². The molecule has 1 aliphatic carbocycles. The van der Waals surface area contributed by atoms with Crippen LogP contribution < -0.4 is 4.90 Å². The molecule has 3 heterocycles. The van der Waals surface area contributed by atoms with Crippen molar-refractivity contribution in [3.63, 3.8) is 0 Å². The zero-order chi connectivity index (χ0) is 17.4. The van der Waals surface area contributed by atoms with E-state index < -0.39 is 0 Å². The maximum Gasteiger partial charge on any atom is 0.230 e. The molecule has 0 unspecified atom stereocenters. The molecule has 1 aromatic heterocycles. The summed E-state index contributed by atoms with van der Waals surface area (Å²) in [6, 6.07) is 0.314. The summed E-state index contributed by atoms with van der Waals surface area (Å²) in [6.45, 7) is 2.49. The van der Waals surface area contributed by atoms with E-state index in [1.54, 1.807) is 12.4 Å². The number of hydrogen-bond donors (Lipinski definition) is 1. The predicted octanol–water partition coefficient (Wildman–Crippen LogP) is 2.36. The molecular formula is C18H25BrN4O2. The number of hydrogen-bond acceptors (Lipinski definition) is 5. The Labute approximate surface area is 156 Å². The average molecular weight is 409 g/mol. The molecule has 4 rings (SSSR count). The predicted molar refractivity (Wildman–Crippen MR) is 98.2 cm³/mol. The highest BCUT2D eigenvalue weighted by Gasteiger charge is 2.50. The molecule has 7 heteroatoms. The molecule has 1 saturated carbocycles. The van der Waals surface area contributed by atoms with Gasteiger partial charge in [-0.1, -0.05) is 0 Å². The lowest BCUT2D eigenvalue weighted by molar-refractivity contribution is -0.139. The largest absolute Gasteiger partial charge is 0.393 e. The van der Waals surface area contributed by atoms with Gasteiger partial charge >= 0.3 is 0 Å². The third kappa shape index (κ3) is 3.28. The zero-order valence-corrected chi connectivity index (χ0v) is 16.0. The van der Waals surface area contributed by atoms with Crippen LogP contribution in [0.1, 0.15) is 44.9 Å². The fourth-order valence-corrected chi connectivity index (χ4v) is 4.92. The highest BCUT2D eigenvalue weighted by atomic mass is 79.9. The van der Waals surface area contributed by atoms with Crippen molar-refractivity contribution in [2.75, 3.05) is 24.5 Å². The van der Waals surface area contributed by atoms with Gasteiger partial charge in [0.25, 0.3) is 0 Å². The SMILES string of the molecule is O=C1N(C2CCC(O)CC2)CC[C@]12CCCN(c1ncc(Br)cn1)C2. The van der Waals surface area contributed by atoms with Crippen LogP contribution in [-0.2, 0) is 4.79 Å². The lowest BCUT2D eigenvalue weighted by Gasteiger charge is -2.40. The van der Waals surface area contributed by atoms with Gasteiger partial charge in [0, 0.05) is 38.1 Å². The quantitative estimate of drug-likeness (QED) is 0.812. The van der Waals surface area contributed by atoms with Crippen molar-refractivity contribution < 1.29 is 9.90 Å². The van der Waals surface area contributed by atoms with Crippen LogP contribution in [0.4, 0.5) is 5.95 Å². The van der Waals surface area contributed by atoms with Crippen molar-refractivity contribution in [3.8, 4) is 0 Å². The van der Waals surface area contributed by atoms with Gasteiger partial charge in [-0.2, -0.15) is 0 Å². The molecule has 0 radical (unpaired) electrons. The van der Waals surface area contributed by atoms with Crippen molar-refractivity contribution in [1.29, 1.82) is 0 Å². The Morgan fingerprint density at radius 2 is 1.84 bits per heavy atom. The van der Waals surface area contributed by atoms with E-state index in [1.165, 1.54) is 0 Å². The van der Waals surface area contributed by atoms with Gasteiger partial charge in [0.2, 0.25) is 11.9 Å². The fraction of sp³-hybridized carbons (Fsp3) is 0.722. The van der Waals surface area contributed by atoms with Crippen molar-refractivity contribution in [1.82, 2.24) is 14.9 Å². The van der Waals surface area contributed by atoms with Gasteiger partial charge in [-0.3, -0.25) is 4.79 Å². The van der Waals surface area contributed by atoms with E-state index in [-0.39, 0.29) is 11.5 Å². The first-order chi connectivity index (χ1) is 12.1. The van der Waals surface area contributed by atoms with Crippen LogP contribution in [0, 0.1) is 5.41 Å². The summed E-state index contributed by atoms with van der Waals surface area (Å²) < 4.78 is 0.866. The Balaban J connectivity index is 1.48. The molecule has 2 aliphatic heterocycles. The molecule has 1 spiro atoms. The average Bonchev–Trinajstić information content (AvgIpc) is 2.93. The van der Waals surface area contributed by atoms with Gasteiger partial charge in [-0.15, -0.1) is 0 Å². The monoisotopic (exact) mass is 408 g/mol. The molecule has 25 heavy (non-hydrogen) atoms. The lowest BCUT2D eigenvalue weighted by Crippen LogP contribution is -2.50. The van der Waals surface area contributed by atoms with Gasteiger partial charge in [0.15, 0.2) is 0 Å². The molecule has 1 N–H and O–H groups in total. The second-order valence-corrected chi connectivity index (χ2v) is 8.63. The normalized spacial score (nSPS) is 33.3. The van der Waals surface area contributed by atoms with E-state index in [9.17, 15) is 9.90 Å². The van der Waals surface area contributed by atoms with Crippen molar-refractivity contribution >= 4 is 27.8 Å². The van der Waals surface area contributed by atoms with Crippen LogP contribution in [0.15, 0.2) is 16.9 Å². The Kier molecular flexibility index (Phi) is 4.71. The summed E-state index contributed by atoms with van der Waals surface area (Å²) in [7, 11) is 0. The summed E-state index contributed by atoms with van der Waals surface area (Å²) in [4.78, 5) is 26.4. The number of carbonyl (C=O) groups excluding carboxylic acids is 1. The highest BCUT2D eigenvalue weighted by Crippen LogP contribution is 2.43. The van der Waals surface area contributed by atoms with Crippen molar-refractivity contribution in [3.05, 3.63) is 16.9 Å². The van der Waals surface area contributed by atoms with Crippen LogP contribution >= 0.6 is 15.9 Å². The lowest BCUT2D eigenvalue weighted by atomic mass is 9.78. The Morgan fingerprint density at radius 3 is 2.56 bits per heavy atom. The third-order valence-electron chi connectivity index (χ3n) is 6.12. The molecule has 2 saturated heterocycles. The van der Waals surface area contributed by atoms with Crippen LogP contribution in [-0.4, -0.2) is 57.7 Å². The van der Waals surface area contributed by atoms with E-state index in [0.29, 0.717) is 17.9 Å². The van der Waals surface area contributed by atoms with E-state index in [1.807, 2.05) is 0 Å². The Morgan fingerprint density at radius 1 is 1.12 bits per heavy atom. The minimum atomic E-state index is -0.273. The van der Waals surface area contributed by atoms with E-state index in [2.05, 4.69) is 35.7 Å². The fourth-order valence-electron chi connectivity index (χ4n) is 4.72. The number of likely N-dealkylation sites (tertiary alicyclic amines) is 1. The van der Waals surface area contributed by atoms with Crippen molar-refractivity contribution in [2.45, 2.75) is 57.1 Å². The Bertz CT molecular complexity index is 632. The Hall–Kier alpha value is -1.21. The molecule has 3 fully saturated rings. The maximum absolute atomic E-state index is 13.3. The van der Waals surface area contributed by atoms with E-state index >= 15 is 0 Å². The van der Waals surface area contributed by atoms with Gasteiger partial charge in [0.1, 0.15) is 0 Å². The third-order valence-corrected chi connectivity index (χ3v) is 6.53. The number of amides is 1. The van der Waals surface area contributed by atoms with Gasteiger partial charge in [0.05, 0.1) is 16.0 Å². The van der Waals surface area contributed by atoms with E-state index in [4.69, 9.17) is 0 Å². The smallest absolute Gasteiger partial charge is 0.230 e. The summed E-state index contributed by atoms with van der Waals surface area (Å²) in [5.41, 5.74) is -0.273. The molecule has 0 bridgehead atoms. The maximum atomic E-state index is 13.3. The van der Waals surface area contributed by atoms with Crippen LogP contribution in [0.5, 0.6) is 0 Å². The molecule has 1 aromatic rings. The first kappa shape index (κ1) is 17.2. The molecule has 6 nitrogen and oxygen atoms in total. The minimum absolute atomic E-state index is 0.178. The number of rotatable bonds is 2. The molecule has 1 amide bonds. The van der Waals surface area contributed by atoms with Crippen LogP contribution in [0.2, 0.25) is 0 Å². The highest BCUT2D eigenvalue weighted by molar-refractivity contribution is 9.10. The van der Waals surface area contributed by atoms with Crippen LogP contribution in [0.25, 0.3) is 0 Å². The molecule has 0 aromatic carbocycles. The standard InChI is InChI=1S/C18H25BrN4O2/c19-13-10-20-17(21-11-13)22-8-1-6-18(12-22)7-9-23(16(18)25)14-2-4-15(24)5-3-14/h10-11,14-15,24H,1-9,12H2/t14?,15?,18-/m0/s1. The molecule has 1 atom stereocenters. The van der Waals surface area contributed by atoms with Gasteiger partial charge in [-0.25, -0.2) is 9.97 Å². The zero-order valence-electron chi connectivity index (χ0n) is 14.4. The number of aliphatic hydroxyl groups excluding tert-OH is 1. The first-order valence-corrected chi connectivity index (χ1v) is 10.1. The molecular weight excluding hydrogens is 384 g/mol. The number of anilines is 1. The summed E-state index contributed by atoms with van der Waals surface area (Å²) in [5, 5.41) is 9.73. The minimum Gasteiger partial charge on any atom is -0.393 e. The van der Waals surface area contributed by atoms with E-state index in [0.717, 1.165) is 69.1 Å².